The van der Waals surface area contributed by atoms with Crippen molar-refractivity contribution >= 4 is 40.8 Å². The van der Waals surface area contributed by atoms with Crippen LogP contribution in [-0.2, 0) is 0 Å². The van der Waals surface area contributed by atoms with Crippen LogP contribution in [0.1, 0.15) is 10.5 Å². The topological polar surface area (TPSA) is 63.1 Å². The maximum atomic E-state index is 10.9. The number of aromatic carboxylic acids is 1. The molecule has 0 saturated heterocycles. The molecule has 7 heteroatoms. The van der Waals surface area contributed by atoms with Crippen molar-refractivity contribution in [3.63, 3.8) is 0 Å². The number of hydrogen-bond donors (Lipinski definition) is 1. The fourth-order valence-corrected chi connectivity index (χ4v) is 2.09. The van der Waals surface area contributed by atoms with E-state index < -0.39 is 5.97 Å². The molecule has 0 radical (unpaired) electrons. The molecular formula is C11H5Cl3N2O2. The standard InChI is InChI=1S/C11H5Cl3N2O2/c12-5-2-1-3-6(13)8(5)10-15-4-7(14)9(16-10)11(17)18/h1-4H,(H,17,18). The molecule has 0 bridgehead atoms. The second kappa shape index (κ2) is 5.10. The van der Waals surface area contributed by atoms with Crippen molar-refractivity contribution in [3.8, 4) is 11.4 Å². The zero-order valence-electron chi connectivity index (χ0n) is 8.69. The van der Waals surface area contributed by atoms with E-state index in [9.17, 15) is 4.79 Å². The molecule has 0 aliphatic rings. The fraction of sp³-hybridized carbons (Fsp3) is 0. The van der Waals surface area contributed by atoms with Gasteiger partial charge in [0.25, 0.3) is 0 Å². The van der Waals surface area contributed by atoms with Gasteiger partial charge < -0.3 is 5.11 Å². The molecular weight excluding hydrogens is 298 g/mol. The molecule has 2 aromatic rings. The number of rotatable bonds is 2. The molecule has 1 aromatic carbocycles. The van der Waals surface area contributed by atoms with Crippen molar-refractivity contribution in [2.75, 3.05) is 0 Å². The van der Waals surface area contributed by atoms with Gasteiger partial charge in [-0.3, -0.25) is 0 Å². The highest BCUT2D eigenvalue weighted by Gasteiger charge is 2.16. The maximum Gasteiger partial charge on any atom is 0.356 e. The van der Waals surface area contributed by atoms with Crippen LogP contribution in [0.2, 0.25) is 15.1 Å². The summed E-state index contributed by atoms with van der Waals surface area (Å²) in [5.74, 6) is -1.13. The van der Waals surface area contributed by atoms with E-state index in [1.165, 1.54) is 6.20 Å². The van der Waals surface area contributed by atoms with Crippen molar-refractivity contribution in [1.82, 2.24) is 9.97 Å². The van der Waals surface area contributed by atoms with E-state index in [-0.39, 0.29) is 16.5 Å². The highest BCUT2D eigenvalue weighted by molar-refractivity contribution is 6.39. The molecule has 1 N–H and O–H groups in total. The van der Waals surface area contributed by atoms with Gasteiger partial charge in [-0.25, -0.2) is 14.8 Å². The van der Waals surface area contributed by atoms with Crippen LogP contribution in [0.3, 0.4) is 0 Å². The summed E-state index contributed by atoms with van der Waals surface area (Å²) in [6, 6.07) is 4.89. The van der Waals surface area contributed by atoms with Crippen LogP contribution in [0.5, 0.6) is 0 Å². The van der Waals surface area contributed by atoms with E-state index in [2.05, 4.69) is 9.97 Å². The number of aromatic nitrogens is 2. The smallest absolute Gasteiger partial charge is 0.356 e. The monoisotopic (exact) mass is 302 g/mol. The number of halogens is 3. The van der Waals surface area contributed by atoms with E-state index in [0.29, 0.717) is 15.6 Å². The quantitative estimate of drug-likeness (QED) is 0.916. The summed E-state index contributed by atoms with van der Waals surface area (Å²) in [4.78, 5) is 18.7. The predicted molar refractivity (Wildman–Crippen MR) is 69.5 cm³/mol. The second-order valence-corrected chi connectivity index (χ2v) is 4.51. The lowest BCUT2D eigenvalue weighted by Crippen LogP contribution is -2.04. The molecule has 0 unspecified atom stereocenters. The summed E-state index contributed by atoms with van der Waals surface area (Å²) in [6.07, 6.45) is 1.20. The van der Waals surface area contributed by atoms with Crippen LogP contribution >= 0.6 is 34.8 Å². The maximum absolute atomic E-state index is 10.9. The fourth-order valence-electron chi connectivity index (χ4n) is 1.35. The molecule has 0 saturated carbocycles. The SMILES string of the molecule is O=C(O)c1nc(-c2c(Cl)cccc2Cl)ncc1Cl. The third-order valence-corrected chi connectivity index (χ3v) is 3.04. The molecule has 18 heavy (non-hydrogen) atoms. The van der Waals surface area contributed by atoms with Crippen LogP contribution in [0.15, 0.2) is 24.4 Å². The lowest BCUT2D eigenvalue weighted by Gasteiger charge is -2.06. The first-order chi connectivity index (χ1) is 8.50. The molecule has 0 aliphatic heterocycles. The Morgan fingerprint density at radius 3 is 2.28 bits per heavy atom. The van der Waals surface area contributed by atoms with Gasteiger partial charge in [-0.1, -0.05) is 40.9 Å². The summed E-state index contributed by atoms with van der Waals surface area (Å²) in [6.45, 7) is 0. The number of benzene rings is 1. The van der Waals surface area contributed by atoms with Gasteiger partial charge in [-0.05, 0) is 12.1 Å². The van der Waals surface area contributed by atoms with Crippen LogP contribution in [-0.4, -0.2) is 21.0 Å². The minimum atomic E-state index is -1.24. The Kier molecular flexibility index (Phi) is 3.71. The zero-order chi connectivity index (χ0) is 13.3. The van der Waals surface area contributed by atoms with Crippen molar-refractivity contribution in [2.45, 2.75) is 0 Å². The van der Waals surface area contributed by atoms with Gasteiger partial charge in [-0.2, -0.15) is 0 Å². The van der Waals surface area contributed by atoms with Crippen LogP contribution in [0.4, 0.5) is 0 Å². The summed E-state index contributed by atoms with van der Waals surface area (Å²) in [7, 11) is 0. The molecule has 4 nitrogen and oxygen atoms in total. The number of hydrogen-bond acceptors (Lipinski definition) is 3. The Labute approximate surface area is 117 Å². The highest BCUT2D eigenvalue weighted by atomic mass is 35.5. The van der Waals surface area contributed by atoms with E-state index in [0.717, 1.165) is 0 Å². The number of carbonyl (C=O) groups is 1. The number of carboxylic acid groups (broad SMARTS) is 1. The Morgan fingerprint density at radius 2 is 1.72 bits per heavy atom. The Bertz CT molecular complexity index is 611. The Morgan fingerprint density at radius 1 is 1.11 bits per heavy atom. The molecule has 1 aromatic heterocycles. The van der Waals surface area contributed by atoms with Gasteiger partial charge in [0.1, 0.15) is 0 Å². The third kappa shape index (κ3) is 2.41. The van der Waals surface area contributed by atoms with E-state index >= 15 is 0 Å². The average Bonchev–Trinajstić information content (AvgIpc) is 2.30. The van der Waals surface area contributed by atoms with E-state index in [1.54, 1.807) is 18.2 Å². The van der Waals surface area contributed by atoms with Gasteiger partial charge >= 0.3 is 5.97 Å². The van der Waals surface area contributed by atoms with E-state index in [1.807, 2.05) is 0 Å². The Balaban J connectivity index is 2.65. The minimum Gasteiger partial charge on any atom is -0.476 e. The first-order valence-corrected chi connectivity index (χ1v) is 5.84. The summed E-state index contributed by atoms with van der Waals surface area (Å²) in [5.41, 5.74) is 0.0812. The lowest BCUT2D eigenvalue weighted by atomic mass is 10.2. The molecule has 0 aliphatic carbocycles. The molecule has 2 rings (SSSR count). The average molecular weight is 304 g/mol. The van der Waals surface area contributed by atoms with Gasteiger partial charge in [0.2, 0.25) is 0 Å². The second-order valence-electron chi connectivity index (χ2n) is 3.29. The Hall–Kier alpha value is -1.36. The van der Waals surface area contributed by atoms with Crippen molar-refractivity contribution < 1.29 is 9.90 Å². The van der Waals surface area contributed by atoms with Crippen molar-refractivity contribution in [3.05, 3.63) is 45.2 Å². The number of nitrogens with zero attached hydrogens (tertiary/aromatic N) is 2. The zero-order valence-corrected chi connectivity index (χ0v) is 11.0. The highest BCUT2D eigenvalue weighted by Crippen LogP contribution is 2.32. The van der Waals surface area contributed by atoms with Crippen LogP contribution in [0, 0.1) is 0 Å². The van der Waals surface area contributed by atoms with Crippen LogP contribution in [0.25, 0.3) is 11.4 Å². The summed E-state index contributed by atoms with van der Waals surface area (Å²) >= 11 is 17.7. The molecule has 0 amide bonds. The van der Waals surface area contributed by atoms with Gasteiger partial charge in [0.05, 0.1) is 26.8 Å². The molecule has 0 spiro atoms. The van der Waals surface area contributed by atoms with Gasteiger partial charge in [0.15, 0.2) is 11.5 Å². The van der Waals surface area contributed by atoms with Gasteiger partial charge in [0, 0.05) is 0 Å². The first kappa shape index (κ1) is 13.1. The normalized spacial score (nSPS) is 10.4. The van der Waals surface area contributed by atoms with Crippen molar-refractivity contribution in [2.24, 2.45) is 0 Å². The lowest BCUT2D eigenvalue weighted by molar-refractivity contribution is 0.0690. The van der Waals surface area contributed by atoms with Gasteiger partial charge in [-0.15, -0.1) is 0 Å². The third-order valence-electron chi connectivity index (χ3n) is 2.13. The molecule has 92 valence electrons. The number of carboxylic acids is 1. The minimum absolute atomic E-state index is 0.0468. The first-order valence-electron chi connectivity index (χ1n) is 4.71. The van der Waals surface area contributed by atoms with Crippen molar-refractivity contribution in [1.29, 1.82) is 0 Å². The van der Waals surface area contributed by atoms with E-state index in [4.69, 9.17) is 39.9 Å². The molecule has 1 heterocycles. The molecule has 0 atom stereocenters. The predicted octanol–water partition coefficient (Wildman–Crippen LogP) is 3.80. The van der Waals surface area contributed by atoms with Crippen LogP contribution < -0.4 is 0 Å². The summed E-state index contributed by atoms with van der Waals surface area (Å²) < 4.78 is 0. The summed E-state index contributed by atoms with van der Waals surface area (Å²) in [5, 5.41) is 9.56. The largest absolute Gasteiger partial charge is 0.476 e. The molecule has 0 fully saturated rings.